The molecule has 6 heteroatoms. The van der Waals surface area contributed by atoms with E-state index in [1.54, 1.807) is 6.92 Å². The van der Waals surface area contributed by atoms with Gasteiger partial charge in [0.05, 0.1) is 12.3 Å². The number of nitrogen functional groups attached to an aromatic ring is 1. The zero-order chi connectivity index (χ0) is 12.1. The van der Waals surface area contributed by atoms with Crippen LogP contribution >= 0.6 is 0 Å². The smallest absolute Gasteiger partial charge is 0.269 e. The topological polar surface area (TPSA) is 101 Å². The molecule has 1 aromatic rings. The number of hydrogen-bond donors (Lipinski definition) is 2. The van der Waals surface area contributed by atoms with Crippen molar-refractivity contribution in [2.24, 2.45) is 0 Å². The van der Waals surface area contributed by atoms with Crippen LogP contribution < -0.4 is 15.8 Å². The Morgan fingerprint density at radius 2 is 2.44 bits per heavy atom. The molecular weight excluding hydrogens is 208 g/mol. The summed E-state index contributed by atoms with van der Waals surface area (Å²) in [6.07, 6.45) is 0. The van der Waals surface area contributed by atoms with Crippen molar-refractivity contribution >= 4 is 11.6 Å². The van der Waals surface area contributed by atoms with Crippen LogP contribution in [0.2, 0.25) is 0 Å². The van der Waals surface area contributed by atoms with E-state index in [1.807, 2.05) is 6.07 Å². The molecule has 3 N–H and O–H groups in total. The molecule has 0 saturated carbocycles. The van der Waals surface area contributed by atoms with E-state index < -0.39 is 0 Å². The molecule has 6 nitrogen and oxygen atoms in total. The molecule has 0 spiro atoms. The standard InChI is InChI=1S/C10H12N4O2/c1-3-16-10-6(5-11)7(12)4-8(14-10)9(15)13-2/h4H,3H2,1-2H3,(H2,12,14)(H,13,15). The minimum atomic E-state index is -0.378. The number of anilines is 1. The first-order chi connectivity index (χ1) is 7.63. The van der Waals surface area contributed by atoms with Gasteiger partial charge >= 0.3 is 0 Å². The van der Waals surface area contributed by atoms with Gasteiger partial charge in [0.15, 0.2) is 0 Å². The third-order valence-electron chi connectivity index (χ3n) is 1.87. The highest BCUT2D eigenvalue weighted by Crippen LogP contribution is 2.22. The number of nitrogens with zero attached hydrogens (tertiary/aromatic N) is 2. The minimum Gasteiger partial charge on any atom is -0.477 e. The summed E-state index contributed by atoms with van der Waals surface area (Å²) in [5.74, 6) is -0.291. The largest absolute Gasteiger partial charge is 0.477 e. The van der Waals surface area contributed by atoms with E-state index in [0.717, 1.165) is 0 Å². The number of nitrogens with two attached hydrogens (primary N) is 1. The van der Waals surface area contributed by atoms with Gasteiger partial charge in [-0.15, -0.1) is 0 Å². The fourth-order valence-electron chi connectivity index (χ4n) is 1.14. The zero-order valence-corrected chi connectivity index (χ0v) is 9.07. The van der Waals surface area contributed by atoms with Gasteiger partial charge in [0, 0.05) is 7.05 Å². The molecule has 0 fully saturated rings. The highest BCUT2D eigenvalue weighted by molar-refractivity contribution is 5.93. The van der Waals surface area contributed by atoms with E-state index >= 15 is 0 Å². The number of hydrogen-bond acceptors (Lipinski definition) is 5. The molecule has 1 amide bonds. The van der Waals surface area contributed by atoms with E-state index in [2.05, 4.69) is 10.3 Å². The number of ether oxygens (including phenoxy) is 1. The predicted octanol–water partition coefficient (Wildman–Crippen LogP) is 0.294. The van der Waals surface area contributed by atoms with Crippen LogP contribution in [0.1, 0.15) is 23.0 Å². The lowest BCUT2D eigenvalue weighted by Gasteiger charge is -2.08. The molecule has 0 bridgehead atoms. The van der Waals surface area contributed by atoms with Gasteiger partial charge in [-0.1, -0.05) is 0 Å². The van der Waals surface area contributed by atoms with Gasteiger partial charge in [-0.05, 0) is 13.0 Å². The van der Waals surface area contributed by atoms with E-state index in [1.165, 1.54) is 13.1 Å². The van der Waals surface area contributed by atoms with Crippen LogP contribution in [0.3, 0.4) is 0 Å². The Labute approximate surface area is 93.0 Å². The van der Waals surface area contributed by atoms with Crippen molar-refractivity contribution in [1.29, 1.82) is 5.26 Å². The van der Waals surface area contributed by atoms with Crippen molar-refractivity contribution < 1.29 is 9.53 Å². The van der Waals surface area contributed by atoms with Crippen LogP contribution in [0.15, 0.2) is 6.07 Å². The molecule has 0 aliphatic carbocycles. The van der Waals surface area contributed by atoms with Crippen LogP contribution in [0.4, 0.5) is 5.69 Å². The minimum absolute atomic E-state index is 0.0867. The highest BCUT2D eigenvalue weighted by Gasteiger charge is 2.14. The van der Waals surface area contributed by atoms with Crippen molar-refractivity contribution in [2.45, 2.75) is 6.92 Å². The lowest BCUT2D eigenvalue weighted by atomic mass is 10.2. The van der Waals surface area contributed by atoms with Gasteiger partial charge in [0.1, 0.15) is 17.3 Å². The summed E-state index contributed by atoms with van der Waals surface area (Å²) in [5.41, 5.74) is 6.09. The van der Waals surface area contributed by atoms with Crippen LogP contribution in [0.5, 0.6) is 5.88 Å². The van der Waals surface area contributed by atoms with Crippen molar-refractivity contribution in [3.8, 4) is 11.9 Å². The summed E-state index contributed by atoms with van der Waals surface area (Å²) in [4.78, 5) is 15.3. The molecule has 84 valence electrons. The first-order valence-corrected chi connectivity index (χ1v) is 4.69. The lowest BCUT2D eigenvalue weighted by molar-refractivity contribution is 0.0957. The van der Waals surface area contributed by atoms with Crippen molar-refractivity contribution in [1.82, 2.24) is 10.3 Å². The normalized spacial score (nSPS) is 9.31. The Balaban J connectivity index is 3.29. The zero-order valence-electron chi connectivity index (χ0n) is 9.07. The Kier molecular flexibility index (Phi) is 3.67. The fourth-order valence-corrected chi connectivity index (χ4v) is 1.14. The number of rotatable bonds is 3. The second kappa shape index (κ2) is 4.98. The molecule has 16 heavy (non-hydrogen) atoms. The average Bonchev–Trinajstić information content (AvgIpc) is 2.28. The molecule has 0 aliphatic heterocycles. The number of amides is 1. The van der Waals surface area contributed by atoms with Crippen LogP contribution in [-0.4, -0.2) is 24.5 Å². The number of aromatic nitrogens is 1. The van der Waals surface area contributed by atoms with Crippen molar-refractivity contribution in [3.05, 3.63) is 17.3 Å². The maximum Gasteiger partial charge on any atom is 0.269 e. The summed E-state index contributed by atoms with van der Waals surface area (Å²) in [5, 5.41) is 11.3. The highest BCUT2D eigenvalue weighted by atomic mass is 16.5. The molecule has 0 unspecified atom stereocenters. The van der Waals surface area contributed by atoms with Gasteiger partial charge in [-0.25, -0.2) is 4.98 Å². The second-order valence-electron chi connectivity index (χ2n) is 2.90. The van der Waals surface area contributed by atoms with Crippen LogP contribution in [0.25, 0.3) is 0 Å². The number of carbonyl (C=O) groups excluding carboxylic acids is 1. The first kappa shape index (κ1) is 11.8. The summed E-state index contributed by atoms with van der Waals surface area (Å²) < 4.78 is 5.15. The molecule has 1 heterocycles. The second-order valence-corrected chi connectivity index (χ2v) is 2.90. The molecule has 0 aliphatic rings. The Morgan fingerprint density at radius 3 is 2.94 bits per heavy atom. The molecular formula is C10H12N4O2. The summed E-state index contributed by atoms with van der Waals surface area (Å²) in [6, 6.07) is 3.24. The summed E-state index contributed by atoms with van der Waals surface area (Å²) >= 11 is 0. The Morgan fingerprint density at radius 1 is 1.75 bits per heavy atom. The molecule has 0 saturated heterocycles. The SMILES string of the molecule is CCOc1nc(C(=O)NC)cc(N)c1C#N. The average molecular weight is 220 g/mol. The fraction of sp³-hybridized carbons (Fsp3) is 0.300. The number of nitrogens with one attached hydrogen (secondary N) is 1. The van der Waals surface area contributed by atoms with Gasteiger partial charge in [-0.2, -0.15) is 5.26 Å². The van der Waals surface area contributed by atoms with E-state index in [9.17, 15) is 4.79 Å². The lowest BCUT2D eigenvalue weighted by Crippen LogP contribution is -2.20. The molecule has 0 atom stereocenters. The van der Waals surface area contributed by atoms with Gasteiger partial charge in [-0.3, -0.25) is 4.79 Å². The summed E-state index contributed by atoms with van der Waals surface area (Å²) in [6.45, 7) is 2.10. The van der Waals surface area contributed by atoms with E-state index in [0.29, 0.717) is 6.61 Å². The molecule has 1 aromatic heterocycles. The molecule has 0 radical (unpaired) electrons. The van der Waals surface area contributed by atoms with E-state index in [4.69, 9.17) is 15.7 Å². The molecule has 1 rings (SSSR count). The number of nitriles is 1. The molecule has 0 aromatic carbocycles. The van der Waals surface area contributed by atoms with Gasteiger partial charge < -0.3 is 15.8 Å². The number of pyridine rings is 1. The third-order valence-corrected chi connectivity index (χ3v) is 1.87. The van der Waals surface area contributed by atoms with Crippen molar-refractivity contribution in [3.63, 3.8) is 0 Å². The Hall–Kier alpha value is -2.29. The maximum absolute atomic E-state index is 11.4. The Bertz CT molecular complexity index is 451. The quantitative estimate of drug-likeness (QED) is 0.762. The van der Waals surface area contributed by atoms with E-state index in [-0.39, 0.29) is 28.7 Å². The third kappa shape index (κ3) is 2.20. The summed E-state index contributed by atoms with van der Waals surface area (Å²) in [7, 11) is 1.48. The maximum atomic E-state index is 11.4. The van der Waals surface area contributed by atoms with Gasteiger partial charge in [0.2, 0.25) is 5.88 Å². The first-order valence-electron chi connectivity index (χ1n) is 4.69. The van der Waals surface area contributed by atoms with Gasteiger partial charge in [0.25, 0.3) is 5.91 Å². The number of carbonyl (C=O) groups is 1. The predicted molar refractivity (Wildman–Crippen MR) is 57.9 cm³/mol. The van der Waals surface area contributed by atoms with Crippen LogP contribution in [0, 0.1) is 11.3 Å². The van der Waals surface area contributed by atoms with Crippen LogP contribution in [-0.2, 0) is 0 Å². The van der Waals surface area contributed by atoms with Crippen molar-refractivity contribution in [2.75, 3.05) is 19.4 Å². The monoisotopic (exact) mass is 220 g/mol.